The van der Waals surface area contributed by atoms with E-state index in [0.717, 1.165) is 6.54 Å². The van der Waals surface area contributed by atoms with Crippen molar-refractivity contribution in [2.24, 2.45) is 0 Å². The fourth-order valence-corrected chi connectivity index (χ4v) is 1.65. The molecule has 0 aromatic rings. The van der Waals surface area contributed by atoms with Crippen LogP contribution >= 0.6 is 0 Å². The average Bonchev–Trinajstić information content (AvgIpc) is 2.53. The molecule has 0 aliphatic rings. The minimum Gasteiger partial charge on any atom is -0.378 e. The molecule has 0 aliphatic carbocycles. The Labute approximate surface area is 144 Å². The van der Waals surface area contributed by atoms with Crippen LogP contribution in [0.2, 0.25) is 0 Å². The highest BCUT2D eigenvalue weighted by Crippen LogP contribution is 2.17. The molecule has 0 heterocycles. The van der Waals surface area contributed by atoms with Gasteiger partial charge in [-0.25, -0.2) is 4.39 Å². The number of carbonyl (C=O) groups is 1. The molecule has 0 aromatic carbocycles. The fourth-order valence-electron chi connectivity index (χ4n) is 1.65. The third kappa shape index (κ3) is 13.6. The summed E-state index contributed by atoms with van der Waals surface area (Å²) in [7, 11) is 1.87. The van der Waals surface area contributed by atoms with Gasteiger partial charge in [0.25, 0.3) is 0 Å². The summed E-state index contributed by atoms with van der Waals surface area (Å²) in [6, 6.07) is 0. The average molecular weight is 352 g/mol. The van der Waals surface area contributed by atoms with Gasteiger partial charge in [-0.05, 0) is 20.9 Å². The summed E-state index contributed by atoms with van der Waals surface area (Å²) in [5, 5.41) is 5.43. The molecule has 0 radical (unpaired) electrons. The summed E-state index contributed by atoms with van der Waals surface area (Å²) in [6.45, 7) is 8.74. The zero-order valence-corrected chi connectivity index (χ0v) is 15.4. The number of likely N-dealkylation sites (N-methyl/N-ethyl adjacent to an activating group) is 1. The second-order valence-corrected chi connectivity index (χ2v) is 5.80. The van der Waals surface area contributed by atoms with Crippen LogP contribution in [0.3, 0.4) is 0 Å². The maximum Gasteiger partial charge on any atom is 0.216 e. The number of amides is 1. The zero-order chi connectivity index (χ0) is 18.3. The number of nitrogens with one attached hydrogen (secondary N) is 2. The first-order chi connectivity index (χ1) is 11.4. The van der Waals surface area contributed by atoms with Crippen LogP contribution in [-0.2, 0) is 23.7 Å². The highest BCUT2D eigenvalue weighted by atomic mass is 19.1. The summed E-state index contributed by atoms with van der Waals surface area (Å²) in [5.74, 6) is -0.260. The Morgan fingerprint density at radius 2 is 1.50 bits per heavy atom. The lowest BCUT2D eigenvalue weighted by molar-refractivity contribution is -0.120. The lowest BCUT2D eigenvalue weighted by atomic mass is 10.0. The number of ether oxygens (including phenoxy) is 4. The minimum atomic E-state index is -1.28. The van der Waals surface area contributed by atoms with Crippen LogP contribution in [0, 0.1) is 0 Å². The summed E-state index contributed by atoms with van der Waals surface area (Å²) < 4.78 is 35.4. The van der Waals surface area contributed by atoms with E-state index in [9.17, 15) is 9.18 Å². The Balaban J connectivity index is 3.46. The number of hydrogen-bond donors (Lipinski definition) is 2. The van der Waals surface area contributed by atoms with E-state index in [4.69, 9.17) is 18.9 Å². The van der Waals surface area contributed by atoms with Gasteiger partial charge in [0.2, 0.25) is 5.91 Å². The Morgan fingerprint density at radius 1 is 1.00 bits per heavy atom. The van der Waals surface area contributed by atoms with Crippen molar-refractivity contribution in [3.63, 3.8) is 0 Å². The summed E-state index contributed by atoms with van der Waals surface area (Å²) in [4.78, 5) is 10.8. The van der Waals surface area contributed by atoms with E-state index in [2.05, 4.69) is 10.6 Å². The van der Waals surface area contributed by atoms with Gasteiger partial charge in [-0.2, -0.15) is 0 Å². The van der Waals surface area contributed by atoms with Crippen LogP contribution < -0.4 is 10.6 Å². The number of alkyl halides is 1. The highest BCUT2D eigenvalue weighted by molar-refractivity contribution is 5.72. The molecule has 8 heteroatoms. The topological polar surface area (TPSA) is 78.1 Å². The molecule has 24 heavy (non-hydrogen) atoms. The number of carbonyl (C=O) groups excluding carboxylic acids is 1. The molecule has 7 nitrogen and oxygen atoms in total. The Bertz CT molecular complexity index is 319. The standard InChI is InChI=1S/C16H33FN2O5/c1-14(20)19-13-15(17)16(2,3)24-12-11-23-10-9-22-8-7-21-6-5-18-4/h15,18H,5-13H2,1-4H3,(H,19,20). The van der Waals surface area contributed by atoms with Crippen molar-refractivity contribution < 1.29 is 28.1 Å². The summed E-state index contributed by atoms with van der Waals surface area (Å²) >= 11 is 0. The molecule has 0 fully saturated rings. The van der Waals surface area contributed by atoms with E-state index in [1.165, 1.54) is 6.92 Å². The minimum absolute atomic E-state index is 0.0621. The molecule has 1 amide bonds. The van der Waals surface area contributed by atoms with Gasteiger partial charge in [-0.1, -0.05) is 0 Å². The highest BCUT2D eigenvalue weighted by Gasteiger charge is 2.30. The summed E-state index contributed by atoms with van der Waals surface area (Å²) in [6.07, 6.45) is -1.28. The van der Waals surface area contributed by atoms with Gasteiger partial charge in [0.15, 0.2) is 0 Å². The van der Waals surface area contributed by atoms with Crippen molar-refractivity contribution in [1.29, 1.82) is 0 Å². The zero-order valence-electron chi connectivity index (χ0n) is 15.4. The predicted molar refractivity (Wildman–Crippen MR) is 90.0 cm³/mol. The molecule has 1 unspecified atom stereocenters. The lowest BCUT2D eigenvalue weighted by Gasteiger charge is -2.29. The third-order valence-electron chi connectivity index (χ3n) is 3.23. The van der Waals surface area contributed by atoms with E-state index < -0.39 is 11.8 Å². The fraction of sp³-hybridized carbons (Fsp3) is 0.938. The van der Waals surface area contributed by atoms with Gasteiger partial charge >= 0.3 is 0 Å². The van der Waals surface area contributed by atoms with E-state index in [0.29, 0.717) is 39.6 Å². The molecule has 2 N–H and O–H groups in total. The molecule has 0 bridgehead atoms. The molecule has 0 saturated heterocycles. The van der Waals surface area contributed by atoms with Gasteiger partial charge in [0.1, 0.15) is 6.17 Å². The smallest absolute Gasteiger partial charge is 0.216 e. The number of rotatable bonds is 16. The van der Waals surface area contributed by atoms with E-state index in [1.807, 2.05) is 7.05 Å². The first-order valence-corrected chi connectivity index (χ1v) is 8.30. The van der Waals surface area contributed by atoms with Gasteiger partial charge in [0, 0.05) is 13.5 Å². The summed E-state index contributed by atoms with van der Waals surface area (Å²) in [5.41, 5.74) is -0.979. The molecule has 0 aliphatic heterocycles. The van der Waals surface area contributed by atoms with Crippen LogP contribution in [0.1, 0.15) is 20.8 Å². The van der Waals surface area contributed by atoms with Crippen molar-refractivity contribution in [2.75, 3.05) is 66.4 Å². The second kappa shape index (κ2) is 14.5. The maximum absolute atomic E-state index is 14.0. The Morgan fingerprint density at radius 3 is 2.00 bits per heavy atom. The van der Waals surface area contributed by atoms with Crippen molar-refractivity contribution in [3.8, 4) is 0 Å². The SMILES string of the molecule is CNCCOCCOCCOCCOC(C)(C)C(F)CNC(C)=O. The quantitative estimate of drug-likeness (QED) is 0.395. The molecule has 0 rings (SSSR count). The molecular formula is C16H33FN2O5. The van der Waals surface area contributed by atoms with E-state index in [-0.39, 0.29) is 19.1 Å². The molecule has 0 saturated carbocycles. The first kappa shape index (κ1) is 23.2. The largest absolute Gasteiger partial charge is 0.378 e. The second-order valence-electron chi connectivity index (χ2n) is 5.80. The molecule has 144 valence electrons. The number of hydrogen-bond acceptors (Lipinski definition) is 6. The third-order valence-corrected chi connectivity index (χ3v) is 3.23. The van der Waals surface area contributed by atoms with E-state index in [1.54, 1.807) is 13.8 Å². The maximum atomic E-state index is 14.0. The van der Waals surface area contributed by atoms with Crippen LogP contribution in [0.4, 0.5) is 4.39 Å². The Hall–Kier alpha value is -0.800. The van der Waals surface area contributed by atoms with Crippen molar-refractivity contribution >= 4 is 5.91 Å². The normalized spacial score (nSPS) is 13.0. The van der Waals surface area contributed by atoms with Crippen LogP contribution in [-0.4, -0.2) is 84.1 Å². The van der Waals surface area contributed by atoms with Crippen LogP contribution in [0.25, 0.3) is 0 Å². The molecule has 0 aromatic heterocycles. The van der Waals surface area contributed by atoms with Gasteiger partial charge in [-0.3, -0.25) is 4.79 Å². The van der Waals surface area contributed by atoms with Gasteiger partial charge in [-0.15, -0.1) is 0 Å². The first-order valence-electron chi connectivity index (χ1n) is 8.30. The Kier molecular flexibility index (Phi) is 14.1. The lowest BCUT2D eigenvalue weighted by Crippen LogP contribution is -2.44. The molecular weight excluding hydrogens is 319 g/mol. The van der Waals surface area contributed by atoms with Gasteiger partial charge in [0.05, 0.1) is 58.4 Å². The van der Waals surface area contributed by atoms with Crippen LogP contribution in [0.5, 0.6) is 0 Å². The van der Waals surface area contributed by atoms with Crippen LogP contribution in [0.15, 0.2) is 0 Å². The number of halogens is 1. The van der Waals surface area contributed by atoms with Gasteiger partial charge < -0.3 is 29.6 Å². The van der Waals surface area contributed by atoms with Crippen molar-refractivity contribution in [1.82, 2.24) is 10.6 Å². The van der Waals surface area contributed by atoms with Crippen molar-refractivity contribution in [2.45, 2.75) is 32.5 Å². The van der Waals surface area contributed by atoms with Crippen molar-refractivity contribution in [3.05, 3.63) is 0 Å². The monoisotopic (exact) mass is 352 g/mol. The molecule has 1 atom stereocenters. The van der Waals surface area contributed by atoms with E-state index >= 15 is 0 Å². The predicted octanol–water partition coefficient (Wildman–Crippen LogP) is 0.525. The molecule has 0 spiro atoms.